The summed E-state index contributed by atoms with van der Waals surface area (Å²) in [5.41, 5.74) is -1.22. The Bertz CT molecular complexity index is 447. The molecule has 0 aromatic rings. The number of carboxylic acid groups (broad SMARTS) is 1. The highest BCUT2D eigenvalue weighted by Gasteiger charge is 2.60. The molecule has 0 unspecified atom stereocenters. The fourth-order valence-electron chi connectivity index (χ4n) is 5.09. The van der Waals surface area contributed by atoms with Crippen molar-refractivity contribution in [1.82, 2.24) is 5.32 Å². The number of hydrogen-bond acceptors (Lipinski definition) is 2. The van der Waals surface area contributed by atoms with Gasteiger partial charge >= 0.3 is 18.1 Å². The van der Waals surface area contributed by atoms with Crippen molar-refractivity contribution in [3.63, 3.8) is 0 Å². The number of nitrogens with one attached hydrogen (secondary N) is 1. The third kappa shape index (κ3) is 2.40. The van der Waals surface area contributed by atoms with Crippen LogP contribution in [-0.4, -0.2) is 28.7 Å². The van der Waals surface area contributed by atoms with Crippen LogP contribution >= 0.6 is 0 Å². The van der Waals surface area contributed by atoms with Crippen molar-refractivity contribution in [2.75, 3.05) is 0 Å². The van der Waals surface area contributed by atoms with Gasteiger partial charge in [-0.1, -0.05) is 0 Å². The lowest BCUT2D eigenvalue weighted by atomic mass is 9.48. The maximum absolute atomic E-state index is 12.6. The van der Waals surface area contributed by atoms with Crippen molar-refractivity contribution < 1.29 is 27.9 Å². The van der Waals surface area contributed by atoms with E-state index in [9.17, 15) is 22.8 Å². The van der Waals surface area contributed by atoms with E-state index in [2.05, 4.69) is 5.32 Å². The Labute approximate surface area is 120 Å². The van der Waals surface area contributed by atoms with Crippen molar-refractivity contribution >= 4 is 11.9 Å². The molecule has 0 heterocycles. The summed E-state index contributed by atoms with van der Waals surface area (Å²) in [6.07, 6.45) is -1.35. The largest absolute Gasteiger partial charge is 0.481 e. The van der Waals surface area contributed by atoms with Crippen LogP contribution in [0.25, 0.3) is 0 Å². The normalized spacial score (nSPS) is 41.1. The maximum atomic E-state index is 12.6. The number of amides is 1. The number of aliphatic carboxylic acids is 1. The summed E-state index contributed by atoms with van der Waals surface area (Å²) < 4.78 is 37.8. The van der Waals surface area contributed by atoms with Crippen LogP contribution in [0.4, 0.5) is 13.2 Å². The molecule has 0 saturated heterocycles. The Morgan fingerprint density at radius 3 is 1.90 bits per heavy atom. The molecule has 4 nitrogen and oxygen atoms in total. The number of carboxylic acids is 1. The molecule has 4 aliphatic rings. The van der Waals surface area contributed by atoms with Crippen LogP contribution in [-0.2, 0) is 9.59 Å². The summed E-state index contributed by atoms with van der Waals surface area (Å²) in [6, 6.07) is 0. The van der Waals surface area contributed by atoms with Crippen LogP contribution in [0.2, 0.25) is 0 Å². The van der Waals surface area contributed by atoms with E-state index < -0.39 is 30.0 Å². The first-order valence-electron chi connectivity index (χ1n) is 7.32. The molecule has 0 aliphatic heterocycles. The van der Waals surface area contributed by atoms with Gasteiger partial charge in [-0.3, -0.25) is 9.59 Å². The van der Waals surface area contributed by atoms with E-state index >= 15 is 0 Å². The Balaban J connectivity index is 1.90. The SMILES string of the molecule is O=C(O)CC1(NC(=O)C(F)(F)F)C2CC3CC(C2)CC1C3. The highest BCUT2D eigenvalue weighted by atomic mass is 19.4. The molecule has 4 fully saturated rings. The average molecular weight is 305 g/mol. The predicted molar refractivity (Wildman–Crippen MR) is 66.2 cm³/mol. The predicted octanol–water partition coefficient (Wildman–Crippen LogP) is 2.33. The van der Waals surface area contributed by atoms with Gasteiger partial charge in [0.1, 0.15) is 0 Å². The summed E-state index contributed by atoms with van der Waals surface area (Å²) in [4.78, 5) is 22.6. The Morgan fingerprint density at radius 1 is 1.05 bits per heavy atom. The van der Waals surface area contributed by atoms with Crippen molar-refractivity contribution in [1.29, 1.82) is 0 Å². The number of carbonyl (C=O) groups excluding carboxylic acids is 1. The highest BCUT2D eigenvalue weighted by Crippen LogP contribution is 2.59. The minimum absolute atomic E-state index is 0.142. The van der Waals surface area contributed by atoms with Gasteiger partial charge in [0.15, 0.2) is 0 Å². The van der Waals surface area contributed by atoms with Crippen LogP contribution in [0.1, 0.15) is 38.5 Å². The fourth-order valence-corrected chi connectivity index (χ4v) is 5.09. The maximum Gasteiger partial charge on any atom is 0.471 e. The highest BCUT2D eigenvalue weighted by molar-refractivity contribution is 5.83. The molecule has 0 radical (unpaired) electrons. The molecular weight excluding hydrogens is 287 g/mol. The number of hydrogen-bond donors (Lipinski definition) is 2. The Kier molecular flexibility index (Phi) is 3.22. The summed E-state index contributed by atoms with van der Waals surface area (Å²) >= 11 is 0. The quantitative estimate of drug-likeness (QED) is 0.841. The van der Waals surface area contributed by atoms with E-state index in [1.807, 2.05) is 0 Å². The van der Waals surface area contributed by atoms with Crippen LogP contribution in [0.3, 0.4) is 0 Å². The average Bonchev–Trinajstić information content (AvgIpc) is 2.32. The zero-order valence-corrected chi connectivity index (χ0v) is 11.4. The third-order valence-corrected chi connectivity index (χ3v) is 5.64. The number of carbonyl (C=O) groups is 2. The standard InChI is InChI=1S/C14H18F3NO3/c15-14(16,17)12(21)18-13(6-11(19)20)9-2-7-1-8(4-9)5-10(13)3-7/h7-10H,1-6H2,(H,18,21)(H,19,20). The molecule has 4 saturated carbocycles. The molecule has 118 valence electrons. The van der Waals surface area contributed by atoms with Crippen molar-refractivity contribution in [3.8, 4) is 0 Å². The molecule has 0 spiro atoms. The molecule has 0 atom stereocenters. The molecule has 7 heteroatoms. The molecular formula is C14H18F3NO3. The minimum atomic E-state index is -4.97. The number of rotatable bonds is 3. The molecule has 4 bridgehead atoms. The van der Waals surface area contributed by atoms with Crippen molar-refractivity contribution in [2.24, 2.45) is 23.7 Å². The Morgan fingerprint density at radius 2 is 1.52 bits per heavy atom. The summed E-state index contributed by atoms with van der Waals surface area (Å²) in [5, 5.41) is 11.2. The summed E-state index contributed by atoms with van der Waals surface area (Å²) in [6.45, 7) is 0. The van der Waals surface area contributed by atoms with Gasteiger partial charge in [0.05, 0.1) is 12.0 Å². The lowest BCUT2D eigenvalue weighted by molar-refractivity contribution is -0.182. The minimum Gasteiger partial charge on any atom is -0.481 e. The molecule has 21 heavy (non-hydrogen) atoms. The van der Waals surface area contributed by atoms with E-state index in [0.717, 1.165) is 32.1 Å². The lowest BCUT2D eigenvalue weighted by Gasteiger charge is -2.61. The molecule has 4 rings (SSSR count). The monoisotopic (exact) mass is 305 g/mol. The first kappa shape index (κ1) is 14.7. The van der Waals surface area contributed by atoms with E-state index in [1.54, 1.807) is 0 Å². The van der Waals surface area contributed by atoms with Gasteiger partial charge in [-0.05, 0) is 55.8 Å². The summed E-state index contributed by atoms with van der Waals surface area (Å²) in [5.74, 6) is -2.47. The first-order valence-corrected chi connectivity index (χ1v) is 7.32. The molecule has 0 aromatic carbocycles. The number of alkyl halides is 3. The second-order valence-corrected chi connectivity index (χ2v) is 6.87. The zero-order valence-electron chi connectivity index (χ0n) is 11.4. The fraction of sp³-hybridized carbons (Fsp3) is 0.857. The third-order valence-electron chi connectivity index (χ3n) is 5.64. The van der Waals surface area contributed by atoms with E-state index in [0.29, 0.717) is 11.8 Å². The van der Waals surface area contributed by atoms with Crippen LogP contribution in [0.5, 0.6) is 0 Å². The van der Waals surface area contributed by atoms with E-state index in [4.69, 9.17) is 5.11 Å². The second kappa shape index (κ2) is 4.61. The van der Waals surface area contributed by atoms with Gasteiger partial charge in [0.2, 0.25) is 0 Å². The smallest absolute Gasteiger partial charge is 0.471 e. The van der Waals surface area contributed by atoms with Gasteiger partial charge in [0.25, 0.3) is 0 Å². The van der Waals surface area contributed by atoms with Gasteiger partial charge in [-0.25, -0.2) is 0 Å². The molecule has 1 amide bonds. The molecule has 4 aliphatic carbocycles. The number of halogens is 3. The van der Waals surface area contributed by atoms with Crippen LogP contribution < -0.4 is 5.32 Å². The van der Waals surface area contributed by atoms with E-state index in [1.165, 1.54) is 0 Å². The summed E-state index contributed by atoms with van der Waals surface area (Å²) in [7, 11) is 0. The van der Waals surface area contributed by atoms with Gasteiger partial charge in [0, 0.05) is 0 Å². The second-order valence-electron chi connectivity index (χ2n) is 6.87. The van der Waals surface area contributed by atoms with Crippen molar-refractivity contribution in [3.05, 3.63) is 0 Å². The first-order chi connectivity index (χ1) is 9.70. The molecule has 0 aromatic heterocycles. The molecule has 2 N–H and O–H groups in total. The van der Waals surface area contributed by atoms with Gasteiger partial charge < -0.3 is 10.4 Å². The van der Waals surface area contributed by atoms with Crippen molar-refractivity contribution in [2.45, 2.75) is 50.2 Å². The van der Waals surface area contributed by atoms with Crippen LogP contribution in [0.15, 0.2) is 0 Å². The lowest BCUT2D eigenvalue weighted by Crippen LogP contribution is -2.68. The van der Waals surface area contributed by atoms with Gasteiger partial charge in [-0.15, -0.1) is 0 Å². The van der Waals surface area contributed by atoms with Gasteiger partial charge in [-0.2, -0.15) is 13.2 Å². The van der Waals surface area contributed by atoms with E-state index in [-0.39, 0.29) is 11.8 Å². The topological polar surface area (TPSA) is 66.4 Å². The Hall–Kier alpha value is -1.27. The van der Waals surface area contributed by atoms with Crippen LogP contribution in [0, 0.1) is 23.7 Å². The zero-order chi connectivity index (χ0) is 15.4.